The molecular formula is C16H21N3O. The largest absolute Gasteiger partial charge is 0.335 e. The summed E-state index contributed by atoms with van der Waals surface area (Å²) in [7, 11) is 0. The molecule has 1 aliphatic carbocycles. The minimum Gasteiger partial charge on any atom is -0.335 e. The van der Waals surface area contributed by atoms with Crippen molar-refractivity contribution in [2.45, 2.75) is 51.5 Å². The highest BCUT2D eigenvalue weighted by Gasteiger charge is 2.23. The van der Waals surface area contributed by atoms with E-state index in [1.807, 2.05) is 0 Å². The average Bonchev–Trinajstić information content (AvgIpc) is 2.49. The Bertz CT molecular complexity index is 483. The van der Waals surface area contributed by atoms with Crippen LogP contribution in [0.15, 0.2) is 18.5 Å². The first kappa shape index (κ1) is 14.5. The van der Waals surface area contributed by atoms with Crippen LogP contribution in [-0.4, -0.2) is 15.9 Å². The lowest BCUT2D eigenvalue weighted by atomic mass is 9.84. The molecule has 1 N–H and O–H groups in total. The minimum absolute atomic E-state index is 0.132. The van der Waals surface area contributed by atoms with Crippen LogP contribution in [0.25, 0.3) is 0 Å². The van der Waals surface area contributed by atoms with Gasteiger partial charge < -0.3 is 5.32 Å². The van der Waals surface area contributed by atoms with Crippen molar-refractivity contribution in [3.8, 4) is 11.8 Å². The zero-order chi connectivity index (χ0) is 14.2. The van der Waals surface area contributed by atoms with Crippen molar-refractivity contribution in [2.24, 2.45) is 5.92 Å². The molecule has 0 spiro atoms. The van der Waals surface area contributed by atoms with Crippen LogP contribution in [0.4, 0.5) is 0 Å². The first-order chi connectivity index (χ1) is 9.79. The maximum Gasteiger partial charge on any atom is 0.296 e. The first-order valence-corrected chi connectivity index (χ1v) is 7.29. The van der Waals surface area contributed by atoms with Gasteiger partial charge in [-0.3, -0.25) is 4.79 Å². The molecule has 2 rings (SSSR count). The molecule has 1 fully saturated rings. The second-order valence-corrected chi connectivity index (χ2v) is 5.25. The Balaban J connectivity index is 2.06. The summed E-state index contributed by atoms with van der Waals surface area (Å²) in [6, 6.07) is 1.65. The van der Waals surface area contributed by atoms with Gasteiger partial charge in [0.25, 0.3) is 5.91 Å². The van der Waals surface area contributed by atoms with Crippen LogP contribution in [0.2, 0.25) is 0 Å². The lowest BCUT2D eigenvalue weighted by Crippen LogP contribution is -2.30. The molecule has 1 aromatic rings. The van der Waals surface area contributed by atoms with Gasteiger partial charge >= 0.3 is 0 Å². The van der Waals surface area contributed by atoms with Gasteiger partial charge in [0.1, 0.15) is 5.82 Å². The van der Waals surface area contributed by atoms with Crippen molar-refractivity contribution in [2.75, 3.05) is 0 Å². The Kier molecular flexibility index (Phi) is 5.55. The molecule has 0 saturated heterocycles. The van der Waals surface area contributed by atoms with E-state index in [-0.39, 0.29) is 11.9 Å². The van der Waals surface area contributed by atoms with E-state index < -0.39 is 0 Å². The number of nitrogens with one attached hydrogen (secondary N) is 1. The minimum atomic E-state index is -0.249. The van der Waals surface area contributed by atoms with Crippen molar-refractivity contribution >= 4 is 5.91 Å². The highest BCUT2D eigenvalue weighted by atomic mass is 16.1. The van der Waals surface area contributed by atoms with Crippen molar-refractivity contribution in [1.82, 2.24) is 15.3 Å². The molecule has 0 bridgehead atoms. The summed E-state index contributed by atoms with van der Waals surface area (Å²) in [4.78, 5) is 20.3. The van der Waals surface area contributed by atoms with Crippen molar-refractivity contribution in [3.05, 3.63) is 24.3 Å². The van der Waals surface area contributed by atoms with E-state index in [0.29, 0.717) is 11.7 Å². The van der Waals surface area contributed by atoms with Crippen molar-refractivity contribution in [3.63, 3.8) is 0 Å². The van der Waals surface area contributed by atoms with Gasteiger partial charge in [0.15, 0.2) is 0 Å². The second-order valence-electron chi connectivity index (χ2n) is 5.25. The number of hydrogen-bond acceptors (Lipinski definition) is 3. The topological polar surface area (TPSA) is 54.9 Å². The molecule has 106 valence electrons. The molecule has 1 unspecified atom stereocenters. The van der Waals surface area contributed by atoms with Gasteiger partial charge in [-0.15, -0.1) is 0 Å². The van der Waals surface area contributed by atoms with Crippen LogP contribution in [0.5, 0.6) is 0 Å². The summed E-state index contributed by atoms with van der Waals surface area (Å²) in [5.74, 6) is 6.23. The molecule has 0 radical (unpaired) electrons. The highest BCUT2D eigenvalue weighted by Crippen LogP contribution is 2.30. The molecule has 1 heterocycles. The van der Waals surface area contributed by atoms with E-state index >= 15 is 0 Å². The third kappa shape index (κ3) is 4.34. The number of aromatic nitrogens is 2. The Morgan fingerprint density at radius 1 is 1.35 bits per heavy atom. The number of hydrogen-bond donors (Lipinski definition) is 1. The third-order valence-electron chi connectivity index (χ3n) is 3.74. The summed E-state index contributed by atoms with van der Waals surface area (Å²) in [6.45, 7) is 1.66. The fourth-order valence-electron chi connectivity index (χ4n) is 2.78. The van der Waals surface area contributed by atoms with E-state index in [9.17, 15) is 4.79 Å². The third-order valence-corrected chi connectivity index (χ3v) is 3.74. The van der Waals surface area contributed by atoms with Crippen LogP contribution in [0.1, 0.15) is 57.3 Å². The molecule has 0 aromatic carbocycles. The van der Waals surface area contributed by atoms with E-state index in [4.69, 9.17) is 0 Å². The Morgan fingerprint density at radius 2 is 2.05 bits per heavy atom. The van der Waals surface area contributed by atoms with Gasteiger partial charge in [-0.1, -0.05) is 38.0 Å². The summed E-state index contributed by atoms with van der Waals surface area (Å²) < 4.78 is 0. The highest BCUT2D eigenvalue weighted by molar-refractivity contribution is 5.93. The van der Waals surface area contributed by atoms with Crippen LogP contribution < -0.4 is 5.32 Å². The number of carbonyl (C=O) groups excluding carboxylic acids is 1. The predicted octanol–water partition coefficient (Wildman–Crippen LogP) is 2.63. The van der Waals surface area contributed by atoms with E-state index in [0.717, 1.165) is 6.42 Å². The van der Waals surface area contributed by atoms with Crippen molar-refractivity contribution in [1.29, 1.82) is 0 Å². The van der Waals surface area contributed by atoms with Gasteiger partial charge in [0.05, 0.1) is 6.04 Å². The van der Waals surface area contributed by atoms with E-state index in [2.05, 4.69) is 27.1 Å². The lowest BCUT2D eigenvalue weighted by Gasteiger charge is -2.25. The molecule has 4 heteroatoms. The number of rotatable bonds is 4. The van der Waals surface area contributed by atoms with Gasteiger partial charge in [0, 0.05) is 12.4 Å². The fraction of sp³-hybridized carbons (Fsp3) is 0.562. The second kappa shape index (κ2) is 7.64. The predicted molar refractivity (Wildman–Crippen MR) is 77.6 cm³/mol. The quantitative estimate of drug-likeness (QED) is 0.856. The smallest absolute Gasteiger partial charge is 0.296 e. The van der Waals surface area contributed by atoms with Gasteiger partial charge in [0.2, 0.25) is 0 Å². The van der Waals surface area contributed by atoms with Crippen molar-refractivity contribution < 1.29 is 4.79 Å². The molecule has 1 aromatic heterocycles. The normalized spacial score (nSPS) is 16.9. The SMILES string of the molecule is CC#CC(=O)NC(CC1CCCCC1)c1ncccn1. The Morgan fingerprint density at radius 3 is 2.70 bits per heavy atom. The zero-order valence-electron chi connectivity index (χ0n) is 11.9. The van der Waals surface area contributed by atoms with E-state index in [1.165, 1.54) is 32.1 Å². The van der Waals surface area contributed by atoms with Crippen LogP contribution in [0, 0.1) is 17.8 Å². The average molecular weight is 271 g/mol. The van der Waals surface area contributed by atoms with E-state index in [1.54, 1.807) is 25.4 Å². The maximum absolute atomic E-state index is 11.7. The molecule has 4 nitrogen and oxygen atoms in total. The maximum atomic E-state index is 11.7. The van der Waals surface area contributed by atoms with Gasteiger partial charge in [-0.05, 0) is 31.2 Å². The number of amides is 1. The summed E-state index contributed by atoms with van der Waals surface area (Å²) in [5.41, 5.74) is 0. The molecule has 1 saturated carbocycles. The molecule has 1 aliphatic rings. The van der Waals surface area contributed by atoms with Gasteiger partial charge in [-0.2, -0.15) is 0 Å². The number of carbonyl (C=O) groups is 1. The monoisotopic (exact) mass is 271 g/mol. The molecular weight excluding hydrogens is 250 g/mol. The van der Waals surface area contributed by atoms with Crippen LogP contribution >= 0.6 is 0 Å². The summed E-state index contributed by atoms with van der Waals surface area (Å²) >= 11 is 0. The fourth-order valence-corrected chi connectivity index (χ4v) is 2.78. The Labute approximate surface area is 120 Å². The van der Waals surface area contributed by atoms with Crippen LogP contribution in [0.3, 0.4) is 0 Å². The first-order valence-electron chi connectivity index (χ1n) is 7.29. The van der Waals surface area contributed by atoms with Gasteiger partial charge in [-0.25, -0.2) is 9.97 Å². The number of nitrogens with zero attached hydrogens (tertiary/aromatic N) is 2. The summed E-state index contributed by atoms with van der Waals surface area (Å²) in [6.07, 6.45) is 10.7. The molecule has 0 aliphatic heterocycles. The lowest BCUT2D eigenvalue weighted by molar-refractivity contribution is -0.116. The molecule has 20 heavy (non-hydrogen) atoms. The standard InChI is InChI=1S/C16H21N3O/c1-2-7-15(20)19-14(16-17-10-6-11-18-16)12-13-8-4-3-5-9-13/h6,10-11,13-14H,3-5,8-9,12H2,1H3,(H,19,20). The zero-order valence-corrected chi connectivity index (χ0v) is 11.9. The molecule has 1 atom stereocenters. The summed E-state index contributed by atoms with van der Waals surface area (Å²) in [5, 5.41) is 2.94. The van der Waals surface area contributed by atoms with Crippen LogP contribution in [-0.2, 0) is 4.79 Å². The Hall–Kier alpha value is -1.89. The molecule has 1 amide bonds.